The zero-order valence-corrected chi connectivity index (χ0v) is 5.54. The molecule has 0 aromatic carbocycles. The summed E-state index contributed by atoms with van der Waals surface area (Å²) in [4.78, 5) is 0. The Labute approximate surface area is 55.8 Å². The van der Waals surface area contributed by atoms with Crippen molar-refractivity contribution in [2.75, 3.05) is 0 Å². The molecule has 1 rings (SSSR count). The van der Waals surface area contributed by atoms with Crippen LogP contribution >= 0.6 is 0 Å². The van der Waals surface area contributed by atoms with Gasteiger partial charge in [0.25, 0.3) is 0 Å². The van der Waals surface area contributed by atoms with E-state index < -0.39 is 0 Å². The van der Waals surface area contributed by atoms with Gasteiger partial charge in [-0.3, -0.25) is 5.32 Å². The first-order valence-corrected chi connectivity index (χ1v) is 3.17. The highest BCUT2D eigenvalue weighted by Gasteiger charge is 1.91. The van der Waals surface area contributed by atoms with Crippen molar-refractivity contribution in [2.24, 2.45) is 0 Å². The summed E-state index contributed by atoms with van der Waals surface area (Å²) in [5, 5.41) is 4.07. The SMILES string of the molecule is CC/C=C/C1=CC=C[N]1. The van der Waals surface area contributed by atoms with Gasteiger partial charge in [0.05, 0.1) is 5.70 Å². The standard InChI is InChI=1S/C8H10N/c1-2-3-5-8-6-4-7-9-8/h3-7H,2H2,1H3/b5-3+. The van der Waals surface area contributed by atoms with E-state index in [0.717, 1.165) is 12.1 Å². The van der Waals surface area contributed by atoms with Crippen LogP contribution in [-0.4, -0.2) is 0 Å². The molecule has 1 aliphatic heterocycles. The molecule has 0 saturated carbocycles. The molecule has 0 atom stereocenters. The Morgan fingerprint density at radius 3 is 3.11 bits per heavy atom. The molecule has 0 N–H and O–H groups in total. The van der Waals surface area contributed by atoms with Gasteiger partial charge in [-0.15, -0.1) is 0 Å². The molecule has 0 fully saturated rings. The second-order valence-corrected chi connectivity index (χ2v) is 1.87. The molecule has 0 unspecified atom stereocenters. The highest BCUT2D eigenvalue weighted by Crippen LogP contribution is 2.01. The lowest BCUT2D eigenvalue weighted by Crippen LogP contribution is -1.85. The van der Waals surface area contributed by atoms with Gasteiger partial charge in [-0.05, 0) is 24.6 Å². The van der Waals surface area contributed by atoms with Crippen LogP contribution in [0.3, 0.4) is 0 Å². The second kappa shape index (κ2) is 3.13. The molecule has 1 nitrogen and oxygen atoms in total. The van der Waals surface area contributed by atoms with E-state index in [2.05, 4.69) is 18.3 Å². The van der Waals surface area contributed by atoms with Crippen molar-refractivity contribution in [3.63, 3.8) is 0 Å². The first-order valence-electron chi connectivity index (χ1n) is 3.17. The van der Waals surface area contributed by atoms with E-state index in [1.54, 1.807) is 6.20 Å². The van der Waals surface area contributed by atoms with E-state index in [4.69, 9.17) is 0 Å². The maximum absolute atomic E-state index is 4.07. The van der Waals surface area contributed by atoms with E-state index in [1.807, 2.05) is 18.2 Å². The summed E-state index contributed by atoms with van der Waals surface area (Å²) in [7, 11) is 0. The largest absolute Gasteiger partial charge is 0.257 e. The minimum Gasteiger partial charge on any atom is -0.257 e. The number of allylic oxidation sites excluding steroid dienone is 4. The fourth-order valence-electron chi connectivity index (χ4n) is 0.651. The molecule has 1 aliphatic rings. The van der Waals surface area contributed by atoms with Gasteiger partial charge in [-0.25, -0.2) is 0 Å². The highest BCUT2D eigenvalue weighted by atomic mass is 14.9. The summed E-state index contributed by atoms with van der Waals surface area (Å²) < 4.78 is 0. The van der Waals surface area contributed by atoms with Crippen LogP contribution in [0.1, 0.15) is 13.3 Å². The molecule has 1 heteroatoms. The van der Waals surface area contributed by atoms with Crippen molar-refractivity contribution >= 4 is 0 Å². The number of hydrogen-bond acceptors (Lipinski definition) is 0. The Balaban J connectivity index is 2.38. The summed E-state index contributed by atoms with van der Waals surface area (Å²) in [6, 6.07) is 0. The van der Waals surface area contributed by atoms with Gasteiger partial charge in [0.15, 0.2) is 0 Å². The Morgan fingerprint density at radius 1 is 1.67 bits per heavy atom. The molecular formula is C8H10N. The molecule has 0 aromatic rings. The van der Waals surface area contributed by atoms with Crippen molar-refractivity contribution in [1.29, 1.82) is 0 Å². The third-order valence-electron chi connectivity index (χ3n) is 1.10. The lowest BCUT2D eigenvalue weighted by atomic mass is 10.3. The minimum atomic E-state index is 1.05. The Kier molecular flexibility index (Phi) is 2.13. The quantitative estimate of drug-likeness (QED) is 0.529. The summed E-state index contributed by atoms with van der Waals surface area (Å²) in [6.45, 7) is 2.11. The van der Waals surface area contributed by atoms with Crippen LogP contribution in [0.2, 0.25) is 0 Å². The molecule has 47 valence electrons. The van der Waals surface area contributed by atoms with Gasteiger partial charge in [0.2, 0.25) is 0 Å². The van der Waals surface area contributed by atoms with Crippen molar-refractivity contribution < 1.29 is 0 Å². The van der Waals surface area contributed by atoms with E-state index in [1.165, 1.54) is 0 Å². The summed E-state index contributed by atoms with van der Waals surface area (Å²) in [5.41, 5.74) is 1.05. The Bertz CT molecular complexity index is 163. The molecule has 9 heavy (non-hydrogen) atoms. The van der Waals surface area contributed by atoms with Crippen LogP contribution in [0, 0.1) is 0 Å². The zero-order valence-electron chi connectivity index (χ0n) is 5.54. The Morgan fingerprint density at radius 2 is 2.56 bits per heavy atom. The van der Waals surface area contributed by atoms with Gasteiger partial charge in [-0.2, -0.15) is 0 Å². The minimum absolute atomic E-state index is 1.05. The van der Waals surface area contributed by atoms with Gasteiger partial charge in [-0.1, -0.05) is 13.0 Å². The van der Waals surface area contributed by atoms with E-state index in [-0.39, 0.29) is 0 Å². The summed E-state index contributed by atoms with van der Waals surface area (Å²) in [5.74, 6) is 0. The van der Waals surface area contributed by atoms with E-state index >= 15 is 0 Å². The molecular weight excluding hydrogens is 110 g/mol. The first kappa shape index (κ1) is 6.14. The third kappa shape index (κ3) is 1.76. The average molecular weight is 120 g/mol. The lowest BCUT2D eigenvalue weighted by molar-refractivity contribution is 1.11. The predicted molar refractivity (Wildman–Crippen MR) is 38.8 cm³/mol. The fraction of sp³-hybridized carbons (Fsp3) is 0.250. The van der Waals surface area contributed by atoms with Crippen molar-refractivity contribution in [3.05, 3.63) is 36.2 Å². The molecule has 0 bridgehead atoms. The predicted octanol–water partition coefficient (Wildman–Crippen LogP) is 1.97. The summed E-state index contributed by atoms with van der Waals surface area (Å²) in [6.07, 6.45) is 10.9. The number of rotatable bonds is 2. The van der Waals surface area contributed by atoms with Crippen molar-refractivity contribution in [2.45, 2.75) is 13.3 Å². The van der Waals surface area contributed by atoms with Gasteiger partial charge in [0, 0.05) is 6.20 Å². The van der Waals surface area contributed by atoms with Crippen LogP contribution in [0.15, 0.2) is 36.2 Å². The lowest BCUT2D eigenvalue weighted by Gasteiger charge is -1.87. The topological polar surface area (TPSA) is 14.1 Å². The molecule has 0 aliphatic carbocycles. The van der Waals surface area contributed by atoms with Crippen LogP contribution in [0.5, 0.6) is 0 Å². The maximum atomic E-state index is 4.07. The normalized spacial score (nSPS) is 16.3. The third-order valence-corrected chi connectivity index (χ3v) is 1.10. The molecule has 1 heterocycles. The van der Waals surface area contributed by atoms with E-state index in [0.29, 0.717) is 0 Å². The highest BCUT2D eigenvalue weighted by molar-refractivity contribution is 5.28. The molecule has 0 aromatic heterocycles. The molecule has 0 spiro atoms. The maximum Gasteiger partial charge on any atom is 0.0626 e. The molecule has 0 saturated heterocycles. The first-order chi connectivity index (χ1) is 4.43. The van der Waals surface area contributed by atoms with Crippen LogP contribution in [0.25, 0.3) is 0 Å². The monoisotopic (exact) mass is 120 g/mol. The van der Waals surface area contributed by atoms with Crippen LogP contribution in [-0.2, 0) is 0 Å². The smallest absolute Gasteiger partial charge is 0.0626 e. The Hall–Kier alpha value is -0.980. The average Bonchev–Trinajstić information content (AvgIpc) is 2.34. The van der Waals surface area contributed by atoms with E-state index in [9.17, 15) is 0 Å². The van der Waals surface area contributed by atoms with Gasteiger partial charge < -0.3 is 0 Å². The van der Waals surface area contributed by atoms with Crippen molar-refractivity contribution in [1.82, 2.24) is 5.32 Å². The van der Waals surface area contributed by atoms with Gasteiger partial charge >= 0.3 is 0 Å². The van der Waals surface area contributed by atoms with Gasteiger partial charge in [0.1, 0.15) is 0 Å². The molecule has 1 radical (unpaired) electrons. The second-order valence-electron chi connectivity index (χ2n) is 1.87. The number of nitrogens with zero attached hydrogens (tertiary/aromatic N) is 1. The van der Waals surface area contributed by atoms with Crippen LogP contribution < -0.4 is 5.32 Å². The fourth-order valence-corrected chi connectivity index (χ4v) is 0.651. The van der Waals surface area contributed by atoms with Crippen LogP contribution in [0.4, 0.5) is 0 Å². The number of hydrogen-bond donors (Lipinski definition) is 0. The molecule has 0 amide bonds. The summed E-state index contributed by atoms with van der Waals surface area (Å²) >= 11 is 0. The van der Waals surface area contributed by atoms with Crippen molar-refractivity contribution in [3.8, 4) is 0 Å². The zero-order chi connectivity index (χ0) is 6.53.